The Labute approximate surface area is 115 Å². The van der Waals surface area contributed by atoms with Gasteiger partial charge in [0.05, 0.1) is 10.5 Å². The van der Waals surface area contributed by atoms with E-state index in [1.54, 1.807) is 11.8 Å². The minimum absolute atomic E-state index is 0.241. The van der Waals surface area contributed by atoms with Gasteiger partial charge in [-0.3, -0.25) is 10.1 Å². The molecule has 0 aromatic heterocycles. The second-order valence-corrected chi connectivity index (χ2v) is 5.32. The van der Waals surface area contributed by atoms with Crippen molar-refractivity contribution in [2.75, 3.05) is 18.0 Å². The van der Waals surface area contributed by atoms with Gasteiger partial charge in [-0.25, -0.2) is 8.78 Å². The van der Waals surface area contributed by atoms with Crippen molar-refractivity contribution < 1.29 is 18.8 Å². The average molecular weight is 286 g/mol. The Morgan fingerprint density at radius 1 is 1.50 bits per heavy atom. The molecule has 1 heterocycles. The molecular weight excluding hydrogens is 270 g/mol. The van der Waals surface area contributed by atoms with E-state index in [9.17, 15) is 24.0 Å². The van der Waals surface area contributed by atoms with Gasteiger partial charge in [-0.2, -0.15) is 0 Å². The smallest absolute Gasteiger partial charge is 0.270 e. The van der Waals surface area contributed by atoms with Crippen LogP contribution in [0.1, 0.15) is 31.8 Å². The highest BCUT2D eigenvalue weighted by Gasteiger charge is 2.31. The lowest BCUT2D eigenvalue weighted by Crippen LogP contribution is -2.46. The number of aliphatic hydroxyl groups is 1. The molecule has 1 aromatic rings. The van der Waals surface area contributed by atoms with E-state index in [-0.39, 0.29) is 23.5 Å². The fourth-order valence-electron chi connectivity index (χ4n) is 2.54. The second kappa shape index (κ2) is 5.32. The van der Waals surface area contributed by atoms with Crippen molar-refractivity contribution in [3.8, 4) is 0 Å². The number of piperidine rings is 1. The van der Waals surface area contributed by atoms with E-state index in [1.807, 2.05) is 0 Å². The van der Waals surface area contributed by atoms with Gasteiger partial charge < -0.3 is 10.0 Å². The average Bonchev–Trinajstić information content (AvgIpc) is 2.36. The van der Waals surface area contributed by atoms with Crippen LogP contribution < -0.4 is 4.90 Å². The number of rotatable bonds is 3. The minimum atomic E-state index is -2.79. The van der Waals surface area contributed by atoms with E-state index >= 15 is 0 Å². The Bertz CT molecular complexity index is 520. The maximum Gasteiger partial charge on any atom is 0.270 e. The van der Waals surface area contributed by atoms with Crippen LogP contribution in [0.15, 0.2) is 18.2 Å². The fourth-order valence-corrected chi connectivity index (χ4v) is 2.54. The summed E-state index contributed by atoms with van der Waals surface area (Å²) < 4.78 is 26.2. The third kappa shape index (κ3) is 3.04. The normalized spacial score (nSPS) is 23.1. The summed E-state index contributed by atoms with van der Waals surface area (Å²) in [5.74, 6) is 0. The number of hydrogen-bond acceptors (Lipinski definition) is 4. The summed E-state index contributed by atoms with van der Waals surface area (Å²) >= 11 is 0. The summed E-state index contributed by atoms with van der Waals surface area (Å²) in [7, 11) is 0. The maximum atomic E-state index is 13.1. The molecule has 20 heavy (non-hydrogen) atoms. The van der Waals surface area contributed by atoms with Gasteiger partial charge in [-0.1, -0.05) is 0 Å². The van der Waals surface area contributed by atoms with E-state index in [0.717, 1.165) is 6.07 Å². The van der Waals surface area contributed by atoms with Gasteiger partial charge in [0, 0.05) is 36.5 Å². The quantitative estimate of drug-likeness (QED) is 0.685. The van der Waals surface area contributed by atoms with E-state index in [2.05, 4.69) is 0 Å². The highest BCUT2D eigenvalue weighted by atomic mass is 19.3. The standard InChI is InChI=1S/C13H16F2N2O3/c1-13(18)5-2-6-16(8-13)11-4-3-9(17(19)20)7-10(11)12(14)15/h3-4,7,12,18H,2,5-6,8H2,1H3. The summed E-state index contributed by atoms with van der Waals surface area (Å²) in [6, 6.07) is 3.45. The van der Waals surface area contributed by atoms with Crippen LogP contribution in [0.2, 0.25) is 0 Å². The largest absolute Gasteiger partial charge is 0.388 e. The van der Waals surface area contributed by atoms with Crippen molar-refractivity contribution in [2.24, 2.45) is 0 Å². The van der Waals surface area contributed by atoms with Gasteiger partial charge in [0.2, 0.25) is 0 Å². The molecule has 1 fully saturated rings. The topological polar surface area (TPSA) is 66.6 Å². The molecule has 1 aliphatic rings. The Morgan fingerprint density at radius 2 is 2.20 bits per heavy atom. The van der Waals surface area contributed by atoms with Crippen molar-refractivity contribution in [3.63, 3.8) is 0 Å². The first-order chi connectivity index (χ1) is 9.30. The number of non-ortho nitro benzene ring substituents is 1. The zero-order chi connectivity index (χ0) is 14.9. The van der Waals surface area contributed by atoms with Crippen LogP contribution in [-0.2, 0) is 0 Å². The predicted octanol–water partition coefficient (Wildman–Crippen LogP) is 2.88. The lowest BCUT2D eigenvalue weighted by Gasteiger charge is -2.39. The molecule has 7 heteroatoms. The number of anilines is 1. The van der Waals surface area contributed by atoms with Crippen LogP contribution >= 0.6 is 0 Å². The van der Waals surface area contributed by atoms with Crippen LogP contribution in [0.5, 0.6) is 0 Å². The molecule has 5 nitrogen and oxygen atoms in total. The number of nitro benzene ring substituents is 1. The lowest BCUT2D eigenvalue weighted by atomic mass is 9.94. The Hall–Kier alpha value is -1.76. The number of hydrogen-bond donors (Lipinski definition) is 1. The molecular formula is C13H16F2N2O3. The van der Waals surface area contributed by atoms with Gasteiger partial charge >= 0.3 is 0 Å². The van der Waals surface area contributed by atoms with Crippen LogP contribution in [0.3, 0.4) is 0 Å². The summed E-state index contributed by atoms with van der Waals surface area (Å²) in [6.07, 6.45) is -1.50. The van der Waals surface area contributed by atoms with Gasteiger partial charge in [-0.05, 0) is 25.8 Å². The molecule has 0 amide bonds. The zero-order valence-corrected chi connectivity index (χ0v) is 11.1. The van der Waals surface area contributed by atoms with E-state index in [1.165, 1.54) is 12.1 Å². The minimum Gasteiger partial charge on any atom is -0.388 e. The molecule has 0 saturated carbocycles. The van der Waals surface area contributed by atoms with Crippen LogP contribution in [0, 0.1) is 10.1 Å². The van der Waals surface area contributed by atoms with Gasteiger partial charge in [0.1, 0.15) is 0 Å². The zero-order valence-electron chi connectivity index (χ0n) is 11.1. The van der Waals surface area contributed by atoms with Crippen molar-refractivity contribution in [3.05, 3.63) is 33.9 Å². The molecule has 1 saturated heterocycles. The van der Waals surface area contributed by atoms with Crippen molar-refractivity contribution in [1.82, 2.24) is 0 Å². The van der Waals surface area contributed by atoms with Crippen LogP contribution in [0.25, 0.3) is 0 Å². The molecule has 1 unspecified atom stereocenters. The molecule has 1 N–H and O–H groups in total. The Kier molecular flexibility index (Phi) is 3.89. The number of halogens is 2. The first-order valence-electron chi connectivity index (χ1n) is 6.34. The Morgan fingerprint density at radius 3 is 2.75 bits per heavy atom. The SMILES string of the molecule is CC1(O)CCCN(c2ccc([N+](=O)[O-])cc2C(F)F)C1. The molecule has 1 atom stereocenters. The van der Waals surface area contributed by atoms with Crippen molar-refractivity contribution in [1.29, 1.82) is 0 Å². The monoisotopic (exact) mass is 286 g/mol. The second-order valence-electron chi connectivity index (χ2n) is 5.32. The molecule has 0 bridgehead atoms. The lowest BCUT2D eigenvalue weighted by molar-refractivity contribution is -0.385. The molecule has 0 spiro atoms. The third-order valence-corrected chi connectivity index (χ3v) is 3.47. The van der Waals surface area contributed by atoms with Crippen molar-refractivity contribution in [2.45, 2.75) is 31.8 Å². The first kappa shape index (κ1) is 14.6. The van der Waals surface area contributed by atoms with Gasteiger partial charge in [-0.15, -0.1) is 0 Å². The van der Waals surface area contributed by atoms with Gasteiger partial charge in [0.15, 0.2) is 0 Å². The summed E-state index contributed by atoms with van der Waals surface area (Å²) in [5.41, 5.74) is -1.39. The first-order valence-corrected chi connectivity index (χ1v) is 6.34. The number of alkyl halides is 2. The third-order valence-electron chi connectivity index (χ3n) is 3.47. The highest BCUT2D eigenvalue weighted by Crippen LogP contribution is 2.35. The maximum absolute atomic E-state index is 13.1. The van der Waals surface area contributed by atoms with Crippen LogP contribution in [-0.4, -0.2) is 28.7 Å². The summed E-state index contributed by atoms with van der Waals surface area (Å²) in [4.78, 5) is 11.6. The number of nitro groups is 1. The molecule has 0 radical (unpaired) electrons. The predicted molar refractivity (Wildman–Crippen MR) is 70.1 cm³/mol. The van der Waals surface area contributed by atoms with E-state index in [4.69, 9.17) is 0 Å². The summed E-state index contributed by atoms with van der Waals surface area (Å²) in [5, 5.41) is 20.7. The molecule has 0 aliphatic carbocycles. The molecule has 1 aliphatic heterocycles. The van der Waals surface area contributed by atoms with Gasteiger partial charge in [0.25, 0.3) is 12.1 Å². The van der Waals surface area contributed by atoms with E-state index < -0.39 is 16.9 Å². The fraction of sp³-hybridized carbons (Fsp3) is 0.538. The molecule has 2 rings (SSSR count). The number of benzene rings is 1. The highest BCUT2D eigenvalue weighted by molar-refractivity contribution is 5.59. The van der Waals surface area contributed by atoms with Crippen molar-refractivity contribution >= 4 is 11.4 Å². The Balaban J connectivity index is 2.38. The number of β-amino-alcohol motifs (C(OH)–C–C–N with tert-alkyl or cyclic N) is 1. The van der Waals surface area contributed by atoms with Crippen LogP contribution in [0.4, 0.5) is 20.2 Å². The van der Waals surface area contributed by atoms with E-state index in [0.29, 0.717) is 19.4 Å². The molecule has 1 aromatic carbocycles. The number of nitrogens with zero attached hydrogens (tertiary/aromatic N) is 2. The summed E-state index contributed by atoms with van der Waals surface area (Å²) in [6.45, 7) is 2.45. The molecule has 110 valence electrons.